The second kappa shape index (κ2) is 7.53. The number of rotatable bonds is 5. The molecule has 142 valence electrons. The highest BCUT2D eigenvalue weighted by Gasteiger charge is 2.14. The Kier molecular flexibility index (Phi) is 5.16. The molecule has 0 aliphatic heterocycles. The molecule has 0 unspecified atom stereocenters. The molecule has 0 aliphatic carbocycles. The van der Waals surface area contributed by atoms with Gasteiger partial charge < -0.3 is 15.4 Å². The number of anilines is 1. The van der Waals surface area contributed by atoms with Crippen molar-refractivity contribution in [1.29, 1.82) is 0 Å². The normalized spacial score (nSPS) is 10.8. The van der Waals surface area contributed by atoms with Crippen molar-refractivity contribution in [2.75, 3.05) is 19.0 Å². The number of aromatic nitrogens is 3. The monoisotopic (exact) mass is 369 g/mol. The van der Waals surface area contributed by atoms with E-state index in [0.29, 0.717) is 29.9 Å². The predicted molar refractivity (Wildman–Crippen MR) is 104 cm³/mol. The van der Waals surface area contributed by atoms with Gasteiger partial charge >= 0.3 is 11.7 Å². The average Bonchev–Trinajstić information content (AvgIpc) is 2.85. The number of amides is 2. The summed E-state index contributed by atoms with van der Waals surface area (Å²) in [6.45, 7) is 2.39. The lowest BCUT2D eigenvalue weighted by molar-refractivity contribution is 0.252. The van der Waals surface area contributed by atoms with Crippen LogP contribution in [-0.2, 0) is 20.5 Å². The molecular weight excluding hydrogens is 346 g/mol. The highest BCUT2D eigenvalue weighted by molar-refractivity contribution is 5.94. The summed E-state index contributed by atoms with van der Waals surface area (Å²) in [6, 6.07) is 8.94. The van der Waals surface area contributed by atoms with E-state index in [1.54, 1.807) is 26.2 Å². The number of methoxy groups -OCH3 is 1. The maximum atomic E-state index is 12.3. The van der Waals surface area contributed by atoms with Crippen LogP contribution >= 0.6 is 0 Å². The summed E-state index contributed by atoms with van der Waals surface area (Å²) in [4.78, 5) is 28.8. The van der Waals surface area contributed by atoms with Crippen LogP contribution in [0.4, 0.5) is 10.5 Å². The number of nitrogens with one attached hydrogen (secondary N) is 2. The molecule has 0 atom stereocenters. The van der Waals surface area contributed by atoms with E-state index in [-0.39, 0.29) is 11.7 Å². The molecule has 2 aromatic heterocycles. The summed E-state index contributed by atoms with van der Waals surface area (Å²) in [5.41, 5.74) is 3.67. The van der Waals surface area contributed by atoms with Crippen molar-refractivity contribution in [2.24, 2.45) is 14.1 Å². The van der Waals surface area contributed by atoms with Gasteiger partial charge in [0.2, 0.25) is 0 Å². The zero-order valence-corrected chi connectivity index (χ0v) is 15.9. The standard InChI is InChI=1S/C19H23N5O3/c1-12-6-5-7-13(21-12)8-9-20-18(25)22-14-10-15-16(11-17(14)27-4)24(3)19(26)23(15)2/h5-7,10-11H,8-9H2,1-4H3,(H2,20,22,25). The highest BCUT2D eigenvalue weighted by Crippen LogP contribution is 2.29. The largest absolute Gasteiger partial charge is 0.494 e. The van der Waals surface area contributed by atoms with Crippen LogP contribution in [0.5, 0.6) is 5.75 Å². The number of aryl methyl sites for hydroxylation is 3. The molecule has 0 saturated heterocycles. The van der Waals surface area contributed by atoms with E-state index in [2.05, 4.69) is 15.6 Å². The first-order valence-electron chi connectivity index (χ1n) is 8.61. The first kappa shape index (κ1) is 18.5. The number of benzene rings is 1. The second-order valence-electron chi connectivity index (χ2n) is 6.34. The van der Waals surface area contributed by atoms with Gasteiger partial charge in [0.25, 0.3) is 0 Å². The number of fused-ring (bicyclic) bond motifs is 1. The molecule has 0 radical (unpaired) electrons. The van der Waals surface area contributed by atoms with Gasteiger partial charge in [-0.05, 0) is 25.1 Å². The van der Waals surface area contributed by atoms with Crippen molar-refractivity contribution < 1.29 is 9.53 Å². The van der Waals surface area contributed by atoms with Gasteiger partial charge in [0.1, 0.15) is 5.75 Å². The average molecular weight is 369 g/mol. The molecule has 27 heavy (non-hydrogen) atoms. The number of pyridine rings is 1. The van der Waals surface area contributed by atoms with Crippen LogP contribution in [0.2, 0.25) is 0 Å². The lowest BCUT2D eigenvalue weighted by Crippen LogP contribution is -2.30. The van der Waals surface area contributed by atoms with Gasteiger partial charge in [-0.3, -0.25) is 14.1 Å². The molecule has 0 saturated carbocycles. The summed E-state index contributed by atoms with van der Waals surface area (Å²) < 4.78 is 8.44. The van der Waals surface area contributed by atoms with E-state index >= 15 is 0 Å². The summed E-state index contributed by atoms with van der Waals surface area (Å²) in [5.74, 6) is 0.485. The summed E-state index contributed by atoms with van der Waals surface area (Å²) in [6.07, 6.45) is 0.637. The molecule has 2 amide bonds. The smallest absolute Gasteiger partial charge is 0.328 e. The van der Waals surface area contributed by atoms with Crippen LogP contribution < -0.4 is 21.1 Å². The minimum atomic E-state index is -0.346. The number of imidazole rings is 1. The molecule has 8 nitrogen and oxygen atoms in total. The van der Waals surface area contributed by atoms with Gasteiger partial charge in [0.05, 0.1) is 23.8 Å². The second-order valence-corrected chi connectivity index (χ2v) is 6.34. The van der Waals surface area contributed by atoms with E-state index in [9.17, 15) is 9.59 Å². The Morgan fingerprint density at radius 3 is 2.56 bits per heavy atom. The Balaban J connectivity index is 1.72. The van der Waals surface area contributed by atoms with E-state index in [1.807, 2.05) is 25.1 Å². The van der Waals surface area contributed by atoms with Crippen molar-refractivity contribution >= 4 is 22.8 Å². The predicted octanol–water partition coefficient (Wildman–Crippen LogP) is 1.95. The fourth-order valence-electron chi connectivity index (χ4n) is 3.00. The van der Waals surface area contributed by atoms with Gasteiger partial charge in [-0.15, -0.1) is 0 Å². The minimum absolute atomic E-state index is 0.140. The molecule has 0 spiro atoms. The van der Waals surface area contributed by atoms with Crippen molar-refractivity contribution in [1.82, 2.24) is 19.4 Å². The fourth-order valence-corrected chi connectivity index (χ4v) is 3.00. The van der Waals surface area contributed by atoms with Crippen LogP contribution in [0.15, 0.2) is 35.1 Å². The van der Waals surface area contributed by atoms with Gasteiger partial charge in [0, 0.05) is 44.5 Å². The van der Waals surface area contributed by atoms with Crippen LogP contribution in [0.25, 0.3) is 11.0 Å². The highest BCUT2D eigenvalue weighted by atomic mass is 16.5. The third-order valence-electron chi connectivity index (χ3n) is 4.45. The number of carbonyl (C=O) groups is 1. The maximum absolute atomic E-state index is 12.3. The Morgan fingerprint density at radius 2 is 1.89 bits per heavy atom. The SMILES string of the molecule is COc1cc2c(cc1NC(=O)NCCc1cccc(C)n1)n(C)c(=O)n2C. The van der Waals surface area contributed by atoms with E-state index in [1.165, 1.54) is 16.2 Å². The van der Waals surface area contributed by atoms with Crippen LogP contribution in [0.3, 0.4) is 0 Å². The van der Waals surface area contributed by atoms with Crippen LogP contribution in [0, 0.1) is 6.92 Å². The third-order valence-corrected chi connectivity index (χ3v) is 4.45. The van der Waals surface area contributed by atoms with Crippen LogP contribution in [0.1, 0.15) is 11.4 Å². The van der Waals surface area contributed by atoms with Crippen molar-refractivity contribution in [2.45, 2.75) is 13.3 Å². The number of hydrogen-bond acceptors (Lipinski definition) is 4. The molecule has 3 aromatic rings. The van der Waals surface area contributed by atoms with Gasteiger partial charge in [-0.2, -0.15) is 0 Å². The molecule has 3 rings (SSSR count). The zero-order chi connectivity index (χ0) is 19.6. The Hall–Kier alpha value is -3.29. The van der Waals surface area contributed by atoms with Crippen molar-refractivity contribution in [3.05, 3.63) is 52.2 Å². The number of nitrogens with zero attached hydrogens (tertiary/aromatic N) is 3. The third kappa shape index (κ3) is 3.79. The van der Waals surface area contributed by atoms with Gasteiger partial charge in [0.15, 0.2) is 0 Å². The summed E-state index contributed by atoms with van der Waals surface area (Å²) in [7, 11) is 4.91. The molecule has 0 fully saturated rings. The first-order valence-corrected chi connectivity index (χ1v) is 8.61. The van der Waals surface area contributed by atoms with E-state index < -0.39 is 0 Å². The molecule has 0 aliphatic rings. The molecule has 2 heterocycles. The summed E-state index contributed by atoms with van der Waals surface area (Å²) in [5, 5.41) is 5.60. The molecule has 2 N–H and O–H groups in total. The molecular formula is C19H23N5O3. The minimum Gasteiger partial charge on any atom is -0.494 e. The molecule has 0 bridgehead atoms. The topological polar surface area (TPSA) is 90.2 Å². The van der Waals surface area contributed by atoms with Crippen molar-refractivity contribution in [3.63, 3.8) is 0 Å². The Morgan fingerprint density at radius 1 is 1.19 bits per heavy atom. The van der Waals surface area contributed by atoms with Crippen LogP contribution in [-0.4, -0.2) is 33.8 Å². The molecule has 1 aromatic carbocycles. The van der Waals surface area contributed by atoms with E-state index in [4.69, 9.17) is 4.74 Å². The Bertz CT molecular complexity index is 1050. The Labute approximate surface area is 156 Å². The lowest BCUT2D eigenvalue weighted by atomic mass is 10.2. The van der Waals surface area contributed by atoms with Gasteiger partial charge in [-0.1, -0.05) is 6.07 Å². The zero-order valence-electron chi connectivity index (χ0n) is 15.9. The number of carbonyl (C=O) groups excluding carboxylic acids is 1. The fraction of sp³-hybridized carbons (Fsp3) is 0.316. The summed E-state index contributed by atoms with van der Waals surface area (Å²) >= 11 is 0. The quantitative estimate of drug-likeness (QED) is 0.719. The lowest BCUT2D eigenvalue weighted by Gasteiger charge is -2.12. The number of hydrogen-bond donors (Lipinski definition) is 2. The van der Waals surface area contributed by atoms with Crippen molar-refractivity contribution in [3.8, 4) is 5.75 Å². The number of ether oxygens (including phenoxy) is 1. The van der Waals surface area contributed by atoms with E-state index in [0.717, 1.165) is 16.9 Å². The number of urea groups is 1. The maximum Gasteiger partial charge on any atom is 0.328 e. The molecule has 8 heteroatoms. The first-order chi connectivity index (χ1) is 12.9. The van der Waals surface area contributed by atoms with Gasteiger partial charge in [-0.25, -0.2) is 9.59 Å².